The average Bonchev–Trinajstić information content (AvgIpc) is 2.47. The molecule has 1 aromatic rings. The van der Waals surface area contributed by atoms with Gasteiger partial charge in [0.15, 0.2) is 0 Å². The van der Waals surface area contributed by atoms with Gasteiger partial charge in [-0.05, 0) is 5.56 Å². The Morgan fingerprint density at radius 2 is 1.71 bits per heavy atom. The Kier molecular flexibility index (Phi) is 5.18. The molecule has 1 aliphatic heterocycles. The third-order valence-corrected chi connectivity index (χ3v) is 3.77. The molecule has 0 aliphatic carbocycles. The fraction of sp³-hybridized carbons (Fsp3) is 0.500. The van der Waals surface area contributed by atoms with Gasteiger partial charge in [0.25, 0.3) is 0 Å². The van der Waals surface area contributed by atoms with E-state index in [1.165, 1.54) is 5.56 Å². The Hall–Kier alpha value is -1.61. The van der Waals surface area contributed by atoms with Gasteiger partial charge in [0.05, 0.1) is 0 Å². The number of carbonyl (C=O) groups is 1. The summed E-state index contributed by atoms with van der Waals surface area (Å²) in [6.45, 7) is 10.5. The highest BCUT2D eigenvalue weighted by atomic mass is 16.2. The van der Waals surface area contributed by atoms with E-state index in [1.54, 1.807) is 0 Å². The van der Waals surface area contributed by atoms with Gasteiger partial charge in [-0.3, -0.25) is 9.69 Å². The van der Waals surface area contributed by atoms with Crippen LogP contribution in [-0.4, -0.2) is 48.4 Å². The van der Waals surface area contributed by atoms with Gasteiger partial charge in [0.1, 0.15) is 0 Å². The molecule has 1 fully saturated rings. The first kappa shape index (κ1) is 15.8. The minimum atomic E-state index is -0.268. The number of amides is 1. The van der Waals surface area contributed by atoms with Crippen molar-refractivity contribution < 1.29 is 4.79 Å². The van der Waals surface area contributed by atoms with Gasteiger partial charge in [-0.2, -0.15) is 0 Å². The summed E-state index contributed by atoms with van der Waals surface area (Å²) < 4.78 is 0. The molecular formula is C18H26N2O. The van der Waals surface area contributed by atoms with Crippen LogP contribution in [0.5, 0.6) is 0 Å². The molecule has 2 rings (SSSR count). The Labute approximate surface area is 128 Å². The van der Waals surface area contributed by atoms with Crippen LogP contribution in [0.3, 0.4) is 0 Å². The van der Waals surface area contributed by atoms with Gasteiger partial charge in [-0.1, -0.05) is 63.3 Å². The van der Waals surface area contributed by atoms with Crippen molar-refractivity contribution in [3.8, 4) is 0 Å². The van der Waals surface area contributed by atoms with Crippen LogP contribution < -0.4 is 0 Å². The molecular weight excluding hydrogens is 260 g/mol. The second kappa shape index (κ2) is 6.90. The molecule has 114 valence electrons. The molecule has 0 bridgehead atoms. The third kappa shape index (κ3) is 4.71. The van der Waals surface area contributed by atoms with Crippen LogP contribution in [0.2, 0.25) is 0 Å². The van der Waals surface area contributed by atoms with Crippen molar-refractivity contribution in [3.63, 3.8) is 0 Å². The first-order valence-electron chi connectivity index (χ1n) is 7.70. The van der Waals surface area contributed by atoms with Crippen LogP contribution in [0.25, 0.3) is 6.08 Å². The topological polar surface area (TPSA) is 23.6 Å². The SMILES string of the molecule is CC(C)(C)C(=O)N1CCN(CC=Cc2ccccc2)CC1. The number of rotatable bonds is 3. The summed E-state index contributed by atoms with van der Waals surface area (Å²) in [5.74, 6) is 0.266. The Morgan fingerprint density at radius 3 is 2.29 bits per heavy atom. The number of hydrogen-bond donors (Lipinski definition) is 0. The van der Waals surface area contributed by atoms with Crippen LogP contribution in [0.15, 0.2) is 36.4 Å². The summed E-state index contributed by atoms with van der Waals surface area (Å²) in [7, 11) is 0. The van der Waals surface area contributed by atoms with Crippen LogP contribution in [0.4, 0.5) is 0 Å². The molecule has 0 spiro atoms. The van der Waals surface area contributed by atoms with Crippen molar-refractivity contribution in [1.29, 1.82) is 0 Å². The van der Waals surface area contributed by atoms with Crippen molar-refractivity contribution in [1.82, 2.24) is 9.80 Å². The van der Waals surface area contributed by atoms with Gasteiger partial charge in [0.2, 0.25) is 5.91 Å². The normalized spacial score (nSPS) is 17.4. The molecule has 1 aliphatic rings. The highest BCUT2D eigenvalue weighted by Gasteiger charge is 2.29. The van der Waals surface area contributed by atoms with E-state index < -0.39 is 0 Å². The average molecular weight is 286 g/mol. The van der Waals surface area contributed by atoms with E-state index in [4.69, 9.17) is 0 Å². The zero-order valence-electron chi connectivity index (χ0n) is 13.4. The number of nitrogens with zero attached hydrogens (tertiary/aromatic N) is 2. The quantitative estimate of drug-likeness (QED) is 0.853. The minimum Gasteiger partial charge on any atom is -0.340 e. The summed E-state index contributed by atoms with van der Waals surface area (Å²) in [5.41, 5.74) is 0.967. The number of benzene rings is 1. The molecule has 1 aromatic carbocycles. The molecule has 0 atom stereocenters. The van der Waals surface area contributed by atoms with Crippen LogP contribution >= 0.6 is 0 Å². The van der Waals surface area contributed by atoms with E-state index in [0.717, 1.165) is 32.7 Å². The molecule has 1 saturated heterocycles. The molecule has 3 heteroatoms. The van der Waals surface area contributed by atoms with Gasteiger partial charge in [0, 0.05) is 38.1 Å². The summed E-state index contributed by atoms with van der Waals surface area (Å²) in [5, 5.41) is 0. The highest BCUT2D eigenvalue weighted by molar-refractivity contribution is 5.81. The van der Waals surface area contributed by atoms with Crippen molar-refractivity contribution in [2.24, 2.45) is 5.41 Å². The molecule has 1 amide bonds. The zero-order chi connectivity index (χ0) is 15.3. The largest absolute Gasteiger partial charge is 0.340 e. The van der Waals surface area contributed by atoms with Gasteiger partial charge in [-0.25, -0.2) is 0 Å². The first-order chi connectivity index (χ1) is 9.97. The van der Waals surface area contributed by atoms with Crippen molar-refractivity contribution in [2.75, 3.05) is 32.7 Å². The summed E-state index contributed by atoms with van der Waals surface area (Å²) in [4.78, 5) is 16.6. The fourth-order valence-electron chi connectivity index (χ4n) is 2.51. The maximum Gasteiger partial charge on any atom is 0.228 e. The molecule has 3 nitrogen and oxygen atoms in total. The van der Waals surface area contributed by atoms with Crippen LogP contribution in [0.1, 0.15) is 26.3 Å². The lowest BCUT2D eigenvalue weighted by molar-refractivity contribution is -0.141. The number of hydrogen-bond acceptors (Lipinski definition) is 2. The lowest BCUT2D eigenvalue weighted by Gasteiger charge is -2.37. The lowest BCUT2D eigenvalue weighted by Crippen LogP contribution is -2.51. The fourth-order valence-corrected chi connectivity index (χ4v) is 2.51. The van der Waals surface area contributed by atoms with E-state index in [9.17, 15) is 4.79 Å². The smallest absolute Gasteiger partial charge is 0.228 e. The zero-order valence-corrected chi connectivity index (χ0v) is 13.4. The lowest BCUT2D eigenvalue weighted by atomic mass is 9.94. The van der Waals surface area contributed by atoms with Crippen molar-refractivity contribution in [2.45, 2.75) is 20.8 Å². The van der Waals surface area contributed by atoms with Crippen molar-refractivity contribution >= 4 is 12.0 Å². The summed E-state index contributed by atoms with van der Waals surface area (Å²) >= 11 is 0. The highest BCUT2D eigenvalue weighted by Crippen LogP contribution is 2.18. The van der Waals surface area contributed by atoms with E-state index in [2.05, 4.69) is 41.3 Å². The monoisotopic (exact) mass is 286 g/mol. The molecule has 0 saturated carbocycles. The molecule has 0 N–H and O–H groups in total. The van der Waals surface area contributed by atoms with E-state index in [0.29, 0.717) is 0 Å². The number of carbonyl (C=O) groups excluding carboxylic acids is 1. The van der Waals surface area contributed by atoms with Gasteiger partial charge >= 0.3 is 0 Å². The molecule has 0 aromatic heterocycles. The predicted molar refractivity (Wildman–Crippen MR) is 88.0 cm³/mol. The Bertz CT molecular complexity index is 480. The Morgan fingerprint density at radius 1 is 1.10 bits per heavy atom. The minimum absolute atomic E-state index is 0.266. The van der Waals surface area contributed by atoms with E-state index >= 15 is 0 Å². The van der Waals surface area contributed by atoms with Crippen LogP contribution in [0, 0.1) is 5.41 Å². The second-order valence-corrected chi connectivity index (χ2v) is 6.66. The molecule has 0 radical (unpaired) electrons. The van der Waals surface area contributed by atoms with Gasteiger partial charge < -0.3 is 4.90 Å². The predicted octanol–water partition coefficient (Wildman–Crippen LogP) is 2.89. The van der Waals surface area contributed by atoms with E-state index in [1.807, 2.05) is 31.7 Å². The third-order valence-electron chi connectivity index (χ3n) is 3.77. The van der Waals surface area contributed by atoms with Gasteiger partial charge in [-0.15, -0.1) is 0 Å². The summed E-state index contributed by atoms with van der Waals surface area (Å²) in [6, 6.07) is 10.3. The van der Waals surface area contributed by atoms with Crippen LogP contribution in [-0.2, 0) is 4.79 Å². The molecule has 1 heterocycles. The second-order valence-electron chi connectivity index (χ2n) is 6.66. The Balaban J connectivity index is 1.77. The molecule has 0 unspecified atom stereocenters. The maximum atomic E-state index is 12.2. The van der Waals surface area contributed by atoms with Crippen molar-refractivity contribution in [3.05, 3.63) is 42.0 Å². The number of piperazine rings is 1. The van der Waals surface area contributed by atoms with E-state index in [-0.39, 0.29) is 11.3 Å². The standard InChI is InChI=1S/C18H26N2O/c1-18(2,3)17(21)20-14-12-19(13-15-20)11-7-10-16-8-5-4-6-9-16/h4-10H,11-15H2,1-3H3. The summed E-state index contributed by atoms with van der Waals surface area (Å²) in [6.07, 6.45) is 4.36. The molecule has 21 heavy (non-hydrogen) atoms. The first-order valence-corrected chi connectivity index (χ1v) is 7.70. The maximum absolute atomic E-state index is 12.2.